The molecule has 0 atom stereocenters. The van der Waals surface area contributed by atoms with E-state index < -0.39 is 0 Å². The number of rotatable bonds is 1. The van der Waals surface area contributed by atoms with Crippen molar-refractivity contribution in [2.45, 2.75) is 13.8 Å². The molecule has 2 aliphatic heterocycles. The molecule has 0 aromatic heterocycles. The molecule has 0 aliphatic carbocycles. The van der Waals surface area contributed by atoms with Gasteiger partial charge in [-0.15, -0.1) is 0 Å². The van der Waals surface area contributed by atoms with Crippen LogP contribution in [0.15, 0.2) is 11.3 Å². The Labute approximate surface area is 253 Å². The standard InChI is InChI=1S/C9H9NO.10W/c1-6(2)9-7-5-10(7)4-3-8(9)11;;;;;;;;;;/h6H,5H2,1-2H3;;;;;;;;;;. The summed E-state index contributed by atoms with van der Waals surface area (Å²) in [6, 6.07) is 0. The van der Waals surface area contributed by atoms with Gasteiger partial charge < -0.3 is 0 Å². The number of hydrogen-bond acceptors (Lipinski definition) is 2. The van der Waals surface area contributed by atoms with Crippen LogP contribution in [0, 0.1) is 5.92 Å². The summed E-state index contributed by atoms with van der Waals surface area (Å²) in [5, 5.41) is 0. The molecule has 116 valence electrons. The Kier molecular flexibility index (Phi) is 40.4. The first-order valence-electron chi connectivity index (χ1n) is 4.34. The van der Waals surface area contributed by atoms with Gasteiger partial charge in [-0.2, -0.15) is 0 Å². The van der Waals surface area contributed by atoms with Crippen molar-refractivity contribution in [1.82, 2.24) is 4.90 Å². The zero-order chi connectivity index (χ0) is 11.7. The molecular weight excluding hydrogens is 1980 g/mol. The van der Waals surface area contributed by atoms with E-state index in [0.29, 0.717) is 11.7 Å². The van der Waals surface area contributed by atoms with Crippen LogP contribution < -0.4 is 0 Å². The fraction of sp³-hybridized carbons (Fsp3) is 0.444. The molecule has 0 radical (unpaired) electrons. The average molecular weight is 1990 g/mol. The number of carbonyl (C=O) groups excluding carboxylic acids is 1. The van der Waals surface area contributed by atoms with Crippen molar-refractivity contribution in [2.24, 2.45) is 5.92 Å². The van der Waals surface area contributed by atoms with Gasteiger partial charge >= 0.3 is 132 Å². The molecule has 0 bridgehead atoms. The number of Topliss-reactive ketones (excluding diaryl/α,β-unsaturated/α-hetero) is 1. The first-order chi connectivity index (χ1) is 7.04. The van der Waals surface area contributed by atoms with Gasteiger partial charge in [0.1, 0.15) is 0 Å². The second-order valence-corrected chi connectivity index (χ2v) is 6.42. The van der Waals surface area contributed by atoms with Gasteiger partial charge in [0.05, 0.1) is 0 Å². The summed E-state index contributed by atoms with van der Waals surface area (Å²) < 4.78 is 2.30. The van der Waals surface area contributed by atoms with Gasteiger partial charge in [-0.3, -0.25) is 0 Å². The van der Waals surface area contributed by atoms with E-state index in [2.05, 4.69) is 18.7 Å². The summed E-state index contributed by atoms with van der Waals surface area (Å²) in [4.78, 5) is 14.2. The van der Waals surface area contributed by atoms with Crippen LogP contribution in [-0.2, 0) is 202 Å². The molecular formula is C9H9NOW10. The van der Waals surface area contributed by atoms with Crippen molar-refractivity contribution in [3.8, 4) is 0 Å². The maximum absolute atomic E-state index is 11.9. The molecule has 2 heterocycles. The fourth-order valence-electron chi connectivity index (χ4n) is 1.61. The Morgan fingerprint density at radius 2 is 1.33 bits per heavy atom. The summed E-state index contributed by atoms with van der Waals surface area (Å²) in [7, 11) is 0. The van der Waals surface area contributed by atoms with Crippen molar-refractivity contribution in [1.29, 1.82) is 0 Å². The zero-order valence-corrected chi connectivity index (χ0v) is 40.1. The van der Waals surface area contributed by atoms with Crippen LogP contribution in [0.4, 0.5) is 0 Å². The second kappa shape index (κ2) is 20.6. The molecule has 2 aliphatic rings. The average Bonchev–Trinajstić information content (AvgIpc) is 2.97. The van der Waals surface area contributed by atoms with Gasteiger partial charge in [0, 0.05) is 126 Å². The van der Waals surface area contributed by atoms with E-state index in [1.165, 1.54) is 48.4 Å². The van der Waals surface area contributed by atoms with Crippen LogP contribution in [0.25, 0.3) is 0 Å². The molecule has 0 amide bonds. The van der Waals surface area contributed by atoms with E-state index in [9.17, 15) is 4.79 Å². The minimum absolute atomic E-state index is 0. The Morgan fingerprint density at radius 3 is 1.67 bits per heavy atom. The topological polar surface area (TPSA) is 20.1 Å². The molecule has 1 saturated heterocycles. The molecule has 1 fully saturated rings. The summed E-state index contributed by atoms with van der Waals surface area (Å²) in [6.45, 7) is 5.22. The van der Waals surface area contributed by atoms with Gasteiger partial charge in [-0.1, -0.05) is 0 Å². The number of ketones is 1. The van der Waals surface area contributed by atoms with Crippen molar-refractivity contribution in [3.63, 3.8) is 0 Å². The number of allylic oxidation sites excluding steroid dienone is 1. The number of nitrogens with zero attached hydrogens (tertiary/aromatic N) is 1. The Balaban J connectivity index is -0.0000000676. The van der Waals surface area contributed by atoms with Crippen molar-refractivity contribution in [3.05, 3.63) is 11.3 Å². The van der Waals surface area contributed by atoms with Crippen LogP contribution in [0.1, 0.15) is 13.8 Å². The van der Waals surface area contributed by atoms with E-state index in [1.54, 1.807) is 32.4 Å². The van der Waals surface area contributed by atoms with Gasteiger partial charge in [0.25, 0.3) is 0 Å². The summed E-state index contributed by atoms with van der Waals surface area (Å²) in [5.74, 6) is 0.698. The molecule has 21 heavy (non-hydrogen) atoms. The van der Waals surface area contributed by atoms with Gasteiger partial charge in [0.15, 0.2) is 0 Å². The quantitative estimate of drug-likeness (QED) is 0.350. The Hall–Kier alpha value is 5.83. The van der Waals surface area contributed by atoms with Crippen LogP contribution in [0.2, 0.25) is 0 Å². The van der Waals surface area contributed by atoms with Crippen LogP contribution >= 0.6 is 0 Å². The van der Waals surface area contributed by atoms with Crippen molar-refractivity contribution >= 4 is 13.7 Å². The summed E-state index contributed by atoms with van der Waals surface area (Å²) >= 11 is 6.07. The van der Waals surface area contributed by atoms with Crippen LogP contribution in [-0.4, -0.2) is 25.1 Å². The third-order valence-electron chi connectivity index (χ3n) is 2.31. The molecule has 0 aromatic rings. The first kappa shape index (κ1) is 41.3. The molecule has 2 rings (SSSR count). The SMILES string of the molecule is CC(C)C1=C2CN2[C](=[W])[C](=[W])C1=O.[W].[W].[W].[W].[W].[W].[W]=[W]. The van der Waals surface area contributed by atoms with E-state index in [-0.39, 0.29) is 126 Å². The third-order valence-corrected chi connectivity index (χ3v) is 7.21. The number of hydrogen-bond donors (Lipinski definition) is 0. The molecule has 0 N–H and O–H groups in total. The fourth-order valence-corrected chi connectivity index (χ4v) is 3.36. The number of carbonyl (C=O) groups is 1. The zero-order valence-electron chi connectivity index (χ0n) is 10.7. The second-order valence-electron chi connectivity index (χ2n) is 3.56. The van der Waals surface area contributed by atoms with Gasteiger partial charge in [-0.05, 0) is 0 Å². The predicted molar refractivity (Wildman–Crippen MR) is 43.6 cm³/mol. The van der Waals surface area contributed by atoms with Crippen LogP contribution in [0.3, 0.4) is 0 Å². The first-order valence-corrected chi connectivity index (χ1v) is 18.3. The third kappa shape index (κ3) is 11.4. The van der Waals surface area contributed by atoms with Gasteiger partial charge in [0.2, 0.25) is 0 Å². The Bertz CT molecular complexity index is 394. The van der Waals surface area contributed by atoms with E-state index >= 15 is 0 Å². The summed E-state index contributed by atoms with van der Waals surface area (Å²) in [5.41, 5.74) is 2.35. The minimum atomic E-state index is 0. The number of fused-ring (bicyclic) bond motifs is 1. The van der Waals surface area contributed by atoms with E-state index in [4.69, 9.17) is 0 Å². The Morgan fingerprint density at radius 1 is 0.952 bits per heavy atom. The van der Waals surface area contributed by atoms with E-state index in [1.807, 2.05) is 0 Å². The van der Waals surface area contributed by atoms with E-state index in [0.717, 1.165) is 16.0 Å². The molecule has 0 unspecified atom stereocenters. The monoisotopic (exact) mass is 1990 g/mol. The van der Waals surface area contributed by atoms with Crippen molar-refractivity contribution < 1.29 is 202 Å². The van der Waals surface area contributed by atoms with Crippen LogP contribution in [0.5, 0.6) is 0 Å². The molecule has 0 aromatic carbocycles. The van der Waals surface area contributed by atoms with Gasteiger partial charge in [-0.25, -0.2) is 0 Å². The molecule has 2 nitrogen and oxygen atoms in total. The molecule has 12 heteroatoms. The summed E-state index contributed by atoms with van der Waals surface area (Å²) in [6.07, 6.45) is 0. The molecule has 0 saturated carbocycles. The maximum atomic E-state index is 11.9. The predicted octanol–water partition coefficient (Wildman–Crippen LogP) is 0.171. The van der Waals surface area contributed by atoms with Crippen molar-refractivity contribution in [2.75, 3.05) is 6.54 Å². The normalized spacial score (nSPS) is 13.5. The molecule has 0 spiro atoms.